The first-order valence-corrected chi connectivity index (χ1v) is 8.70. The number of benzene rings is 2. The Balaban J connectivity index is 1.57. The summed E-state index contributed by atoms with van der Waals surface area (Å²) in [6, 6.07) is 19.0. The number of para-hydroxylation sites is 1. The third-order valence-corrected chi connectivity index (χ3v) is 4.31. The summed E-state index contributed by atoms with van der Waals surface area (Å²) in [5, 5.41) is 7.07. The Hall–Kier alpha value is -2.39. The van der Waals surface area contributed by atoms with Crippen molar-refractivity contribution in [3.63, 3.8) is 0 Å². The summed E-state index contributed by atoms with van der Waals surface area (Å²) >= 11 is 0. The van der Waals surface area contributed by atoms with Crippen molar-refractivity contribution < 1.29 is 0 Å². The zero-order valence-corrected chi connectivity index (χ0v) is 14.2. The molecule has 0 saturated carbocycles. The molecule has 3 nitrogen and oxygen atoms in total. The first-order chi connectivity index (χ1) is 11.9. The predicted molar refractivity (Wildman–Crippen MR) is 103 cm³/mol. The van der Waals surface area contributed by atoms with Crippen molar-refractivity contribution in [1.82, 2.24) is 5.32 Å². The second kappa shape index (κ2) is 8.46. The van der Waals surface area contributed by atoms with Gasteiger partial charge in [-0.25, -0.2) is 0 Å². The van der Waals surface area contributed by atoms with E-state index in [2.05, 4.69) is 65.0 Å². The highest BCUT2D eigenvalue weighted by Crippen LogP contribution is 2.21. The number of nitrogens with one attached hydrogen (secondary N) is 2. The van der Waals surface area contributed by atoms with E-state index < -0.39 is 0 Å². The number of fused-ring (bicyclic) bond motifs is 1. The standard InChI is InChI=1S/C21H25N3/c1-2-8-18(17-9-4-3-5-10-17)13-22-15-20-16-23-14-19-11-6-7-12-21(19)24-20/h3-7,9-12,14,16,18,22,24H,2,8,13,15H2,1H3. The molecule has 3 heteroatoms. The van der Waals surface area contributed by atoms with Gasteiger partial charge in [-0.1, -0.05) is 61.9 Å². The molecule has 0 bridgehead atoms. The van der Waals surface area contributed by atoms with Crippen LogP contribution in [-0.4, -0.2) is 19.3 Å². The maximum atomic E-state index is 4.40. The van der Waals surface area contributed by atoms with Crippen LogP contribution in [0.15, 0.2) is 71.5 Å². The average molecular weight is 319 g/mol. The highest BCUT2D eigenvalue weighted by molar-refractivity contribution is 5.89. The molecule has 1 atom stereocenters. The molecule has 24 heavy (non-hydrogen) atoms. The Morgan fingerprint density at radius 2 is 1.83 bits per heavy atom. The smallest absolute Gasteiger partial charge is 0.0477 e. The number of anilines is 1. The Morgan fingerprint density at radius 1 is 1.04 bits per heavy atom. The van der Waals surface area contributed by atoms with E-state index in [1.165, 1.54) is 18.4 Å². The summed E-state index contributed by atoms with van der Waals surface area (Å²) in [6.07, 6.45) is 6.20. The molecule has 3 rings (SSSR count). The van der Waals surface area contributed by atoms with Crippen LogP contribution in [0.5, 0.6) is 0 Å². The zero-order chi connectivity index (χ0) is 16.6. The molecule has 0 aliphatic carbocycles. The van der Waals surface area contributed by atoms with Gasteiger partial charge < -0.3 is 10.6 Å². The van der Waals surface area contributed by atoms with Crippen molar-refractivity contribution in [2.45, 2.75) is 25.7 Å². The molecular formula is C21H25N3. The topological polar surface area (TPSA) is 36.4 Å². The van der Waals surface area contributed by atoms with Gasteiger partial charge in [-0.05, 0) is 24.0 Å². The fourth-order valence-corrected chi connectivity index (χ4v) is 3.07. The minimum absolute atomic E-state index is 0.554. The van der Waals surface area contributed by atoms with Crippen molar-refractivity contribution >= 4 is 11.9 Å². The predicted octanol–water partition coefficient (Wildman–Crippen LogP) is 4.55. The van der Waals surface area contributed by atoms with Crippen LogP contribution >= 0.6 is 0 Å². The largest absolute Gasteiger partial charge is 0.356 e. The first-order valence-electron chi connectivity index (χ1n) is 8.70. The minimum atomic E-state index is 0.554. The van der Waals surface area contributed by atoms with Gasteiger partial charge in [-0.2, -0.15) is 0 Å². The lowest BCUT2D eigenvalue weighted by atomic mass is 9.94. The Bertz CT molecular complexity index is 704. The Kier molecular flexibility index (Phi) is 5.80. The van der Waals surface area contributed by atoms with Crippen molar-refractivity contribution in [3.05, 3.63) is 77.6 Å². The molecule has 124 valence electrons. The van der Waals surface area contributed by atoms with Crippen LogP contribution in [0.3, 0.4) is 0 Å². The van der Waals surface area contributed by atoms with Crippen molar-refractivity contribution in [3.8, 4) is 0 Å². The summed E-state index contributed by atoms with van der Waals surface area (Å²) in [4.78, 5) is 4.40. The maximum absolute atomic E-state index is 4.40. The van der Waals surface area contributed by atoms with Crippen LogP contribution in [-0.2, 0) is 0 Å². The molecule has 2 N–H and O–H groups in total. The number of nitrogens with zero attached hydrogens (tertiary/aromatic N) is 1. The van der Waals surface area contributed by atoms with Gasteiger partial charge in [0.2, 0.25) is 0 Å². The molecular weight excluding hydrogens is 294 g/mol. The number of hydrogen-bond donors (Lipinski definition) is 2. The molecule has 1 unspecified atom stereocenters. The Morgan fingerprint density at radius 3 is 2.67 bits per heavy atom. The first kappa shape index (κ1) is 16.5. The second-order valence-electron chi connectivity index (χ2n) is 6.17. The van der Waals surface area contributed by atoms with E-state index in [0.29, 0.717) is 5.92 Å². The van der Waals surface area contributed by atoms with Crippen LogP contribution in [0, 0.1) is 0 Å². The van der Waals surface area contributed by atoms with Gasteiger partial charge >= 0.3 is 0 Å². The van der Waals surface area contributed by atoms with Gasteiger partial charge in [0.1, 0.15) is 0 Å². The Labute approximate surface area is 144 Å². The molecule has 1 aliphatic heterocycles. The number of rotatable bonds is 7. The molecule has 1 aliphatic rings. The van der Waals surface area contributed by atoms with E-state index >= 15 is 0 Å². The minimum Gasteiger partial charge on any atom is -0.356 e. The zero-order valence-electron chi connectivity index (χ0n) is 14.2. The van der Waals surface area contributed by atoms with Gasteiger partial charge in [-0.15, -0.1) is 0 Å². The highest BCUT2D eigenvalue weighted by Gasteiger charge is 2.11. The lowest BCUT2D eigenvalue weighted by molar-refractivity contribution is 0.559. The summed E-state index contributed by atoms with van der Waals surface area (Å²) < 4.78 is 0. The van der Waals surface area contributed by atoms with E-state index in [1.807, 2.05) is 24.5 Å². The van der Waals surface area contributed by atoms with Crippen LogP contribution < -0.4 is 10.6 Å². The van der Waals surface area contributed by atoms with Crippen LogP contribution in [0.25, 0.3) is 0 Å². The lowest BCUT2D eigenvalue weighted by Crippen LogP contribution is -2.26. The molecule has 0 spiro atoms. The van der Waals surface area contributed by atoms with Crippen LogP contribution in [0.2, 0.25) is 0 Å². The highest BCUT2D eigenvalue weighted by atomic mass is 15.0. The molecule has 1 heterocycles. The van der Waals surface area contributed by atoms with Gasteiger partial charge in [0.15, 0.2) is 0 Å². The quantitative estimate of drug-likeness (QED) is 0.785. The summed E-state index contributed by atoms with van der Waals surface area (Å²) in [6.45, 7) is 4.01. The molecule has 0 fully saturated rings. The lowest BCUT2D eigenvalue weighted by Gasteiger charge is -2.18. The summed E-state index contributed by atoms with van der Waals surface area (Å²) in [7, 11) is 0. The average Bonchev–Trinajstić information content (AvgIpc) is 2.83. The van der Waals surface area contributed by atoms with Crippen molar-refractivity contribution in [2.24, 2.45) is 4.99 Å². The van der Waals surface area contributed by atoms with Gasteiger partial charge in [0.25, 0.3) is 0 Å². The van der Waals surface area contributed by atoms with E-state index in [0.717, 1.165) is 30.0 Å². The summed E-state index contributed by atoms with van der Waals surface area (Å²) in [5.74, 6) is 0.554. The molecule has 0 radical (unpaired) electrons. The van der Waals surface area contributed by atoms with Crippen molar-refractivity contribution in [1.29, 1.82) is 0 Å². The molecule has 0 amide bonds. The molecule has 2 aromatic rings. The van der Waals surface area contributed by atoms with E-state index in [-0.39, 0.29) is 0 Å². The van der Waals surface area contributed by atoms with Crippen LogP contribution in [0.1, 0.15) is 36.8 Å². The maximum Gasteiger partial charge on any atom is 0.0477 e. The second-order valence-corrected chi connectivity index (χ2v) is 6.17. The van der Waals surface area contributed by atoms with Gasteiger partial charge in [0, 0.05) is 42.5 Å². The fraction of sp³-hybridized carbons (Fsp3) is 0.286. The molecule has 0 aromatic heterocycles. The van der Waals surface area contributed by atoms with E-state index in [1.54, 1.807) is 0 Å². The van der Waals surface area contributed by atoms with E-state index in [9.17, 15) is 0 Å². The normalized spacial score (nSPS) is 14.3. The van der Waals surface area contributed by atoms with Crippen LogP contribution in [0.4, 0.5) is 5.69 Å². The third-order valence-electron chi connectivity index (χ3n) is 4.31. The van der Waals surface area contributed by atoms with E-state index in [4.69, 9.17) is 0 Å². The van der Waals surface area contributed by atoms with Gasteiger partial charge in [-0.3, -0.25) is 4.99 Å². The number of hydrogen-bond acceptors (Lipinski definition) is 3. The molecule has 0 saturated heterocycles. The monoisotopic (exact) mass is 319 g/mol. The van der Waals surface area contributed by atoms with Gasteiger partial charge in [0.05, 0.1) is 0 Å². The van der Waals surface area contributed by atoms with Crippen molar-refractivity contribution in [2.75, 3.05) is 18.4 Å². The molecule has 2 aromatic carbocycles. The fourth-order valence-electron chi connectivity index (χ4n) is 3.07. The third kappa shape index (κ3) is 4.33. The summed E-state index contributed by atoms with van der Waals surface area (Å²) in [5.41, 5.74) is 4.74. The number of aliphatic imine (C=N–C) groups is 1. The SMILES string of the molecule is CCCC(CNCC1=CN=Cc2ccccc2N1)c1ccccc1.